The van der Waals surface area contributed by atoms with Crippen molar-refractivity contribution in [2.45, 2.75) is 39.3 Å². The minimum Gasteiger partial charge on any atom is -0.422 e. The summed E-state index contributed by atoms with van der Waals surface area (Å²) >= 11 is 0. The molecule has 1 N–H and O–H groups in total. The molecule has 1 aromatic carbocycles. The molecule has 0 bridgehead atoms. The van der Waals surface area contributed by atoms with Gasteiger partial charge in [0.1, 0.15) is 11.6 Å². The molecule has 0 heterocycles. The van der Waals surface area contributed by atoms with Crippen molar-refractivity contribution in [2.75, 3.05) is 0 Å². The van der Waals surface area contributed by atoms with Crippen molar-refractivity contribution in [2.24, 2.45) is 0 Å². The van der Waals surface area contributed by atoms with Crippen LogP contribution in [0, 0.1) is 11.6 Å². The largest absolute Gasteiger partial charge is 0.524 e. The van der Waals surface area contributed by atoms with E-state index in [1.165, 1.54) is 0 Å². The molecule has 0 aliphatic heterocycles. The normalized spacial score (nSPS) is 12.1. The van der Waals surface area contributed by atoms with Gasteiger partial charge >= 0.3 is 7.12 Å². The fourth-order valence-corrected chi connectivity index (χ4v) is 1.87. The third-order valence-corrected chi connectivity index (χ3v) is 3.00. The van der Waals surface area contributed by atoms with E-state index in [2.05, 4.69) is 4.81 Å². The van der Waals surface area contributed by atoms with Gasteiger partial charge in [-0.2, -0.15) is 0 Å². The Morgan fingerprint density at radius 3 is 2.21 bits per heavy atom. The summed E-state index contributed by atoms with van der Waals surface area (Å²) in [6, 6.07) is 2.04. The molecule has 0 spiro atoms. The molecule has 1 rings (SSSR count). The predicted octanol–water partition coefficient (Wildman–Crippen LogP) is 1.88. The van der Waals surface area contributed by atoms with Crippen LogP contribution in [0.4, 0.5) is 8.78 Å². The van der Waals surface area contributed by atoms with Crippen LogP contribution >= 0.6 is 0 Å². The van der Waals surface area contributed by atoms with Crippen molar-refractivity contribution in [1.82, 2.24) is 0 Å². The first-order chi connectivity index (χ1) is 8.62. The van der Waals surface area contributed by atoms with Crippen LogP contribution in [0.2, 0.25) is 13.1 Å². The third kappa shape index (κ3) is 4.38. The number of benzene rings is 1. The average Bonchev–Trinajstić information content (AvgIpc) is 2.27. The zero-order chi connectivity index (χ0) is 14.8. The second kappa shape index (κ2) is 6.13. The van der Waals surface area contributed by atoms with E-state index >= 15 is 0 Å². The first-order valence-corrected chi connectivity index (χ1v) is 8.90. The predicted molar refractivity (Wildman–Crippen MR) is 73.7 cm³/mol. The zero-order valence-electron chi connectivity index (χ0n) is 11.8. The molecule has 106 valence electrons. The monoisotopic (exact) mass is 288 g/mol. The lowest BCUT2D eigenvalue weighted by Gasteiger charge is -2.21. The summed E-state index contributed by atoms with van der Waals surface area (Å²) < 4.78 is 32.7. The topological polar surface area (TPSA) is 38.7 Å². The highest BCUT2D eigenvalue weighted by atomic mass is 28.3. The van der Waals surface area contributed by atoms with Crippen LogP contribution in [-0.2, 0) is 14.8 Å². The molecule has 0 atom stereocenters. The molecule has 0 amide bonds. The Balaban J connectivity index is 3.02. The molecule has 0 unspecified atom stereocenters. The summed E-state index contributed by atoms with van der Waals surface area (Å²) in [5, 5.41) is 9.64. The number of halogens is 2. The van der Waals surface area contributed by atoms with Crippen LogP contribution in [0.1, 0.15) is 26.3 Å². The number of rotatable bonds is 4. The maximum absolute atomic E-state index is 13.9. The van der Waals surface area contributed by atoms with E-state index in [-0.39, 0.29) is 11.0 Å². The Bertz CT molecular complexity index is 449. The van der Waals surface area contributed by atoms with Gasteiger partial charge in [-0.05, 0) is 36.2 Å². The van der Waals surface area contributed by atoms with Crippen LogP contribution in [0.3, 0.4) is 0 Å². The summed E-state index contributed by atoms with van der Waals surface area (Å²) in [5.41, 5.74) is -0.531. The van der Waals surface area contributed by atoms with Crippen molar-refractivity contribution >= 4 is 21.6 Å². The second-order valence-corrected chi connectivity index (χ2v) is 7.99. The van der Waals surface area contributed by atoms with Crippen LogP contribution in [0.5, 0.6) is 0 Å². The van der Waals surface area contributed by atoms with Crippen molar-refractivity contribution in [3.8, 4) is 0 Å². The van der Waals surface area contributed by atoms with Crippen LogP contribution in [0.25, 0.3) is 0 Å². The van der Waals surface area contributed by atoms with Gasteiger partial charge in [-0.1, -0.05) is 20.8 Å². The SMILES string of the molecule is C[SiH](C)OOB(O)c1cc(F)c(C(C)(C)C)cc1F. The molecule has 19 heavy (non-hydrogen) atoms. The fourth-order valence-electron chi connectivity index (χ4n) is 1.54. The van der Waals surface area contributed by atoms with E-state index in [9.17, 15) is 13.8 Å². The fraction of sp³-hybridized carbons (Fsp3) is 0.500. The molecule has 1 aromatic rings. The molecule has 3 nitrogen and oxygen atoms in total. The van der Waals surface area contributed by atoms with Gasteiger partial charge < -0.3 is 9.60 Å². The Morgan fingerprint density at radius 1 is 1.16 bits per heavy atom. The minimum absolute atomic E-state index is 0.250. The molecular weight excluding hydrogens is 269 g/mol. The van der Waals surface area contributed by atoms with Gasteiger partial charge in [0.25, 0.3) is 0 Å². The first kappa shape index (κ1) is 16.3. The minimum atomic E-state index is -1.63. The summed E-state index contributed by atoms with van der Waals surface area (Å²) in [7, 11) is -3.14. The van der Waals surface area contributed by atoms with Crippen molar-refractivity contribution in [1.29, 1.82) is 0 Å². The third-order valence-electron chi connectivity index (χ3n) is 2.50. The Hall–Kier alpha value is -0.758. The highest BCUT2D eigenvalue weighted by Crippen LogP contribution is 2.25. The first-order valence-electron chi connectivity index (χ1n) is 6.12. The van der Waals surface area contributed by atoms with E-state index in [4.69, 9.17) is 4.58 Å². The molecule has 0 aliphatic carbocycles. The highest BCUT2D eigenvalue weighted by Gasteiger charge is 2.27. The Labute approximate surface area is 114 Å². The number of hydrogen-bond donors (Lipinski definition) is 1. The second-order valence-electron chi connectivity index (χ2n) is 5.70. The van der Waals surface area contributed by atoms with Gasteiger partial charge in [0, 0.05) is 5.46 Å². The summed E-state index contributed by atoms with van der Waals surface area (Å²) in [5.74, 6) is -1.29. The quantitative estimate of drug-likeness (QED) is 0.522. The Morgan fingerprint density at radius 2 is 1.74 bits per heavy atom. The maximum atomic E-state index is 13.9. The molecule has 0 saturated carbocycles. The van der Waals surface area contributed by atoms with E-state index in [0.29, 0.717) is 0 Å². The standard InChI is InChI=1S/C12H19BF2O3Si/c1-12(2,3)8-6-11(15)9(7-10(8)14)13(16)17-18-19(4)5/h6-7,16,19H,1-5H3. The van der Waals surface area contributed by atoms with Crippen LogP contribution in [0.15, 0.2) is 12.1 Å². The Kier molecular flexibility index (Phi) is 5.26. The van der Waals surface area contributed by atoms with Gasteiger partial charge in [0.15, 0.2) is 0 Å². The highest BCUT2D eigenvalue weighted by molar-refractivity contribution is 6.60. The van der Waals surface area contributed by atoms with Crippen molar-refractivity contribution in [3.05, 3.63) is 29.3 Å². The molecule has 0 aromatic heterocycles. The van der Waals surface area contributed by atoms with E-state index in [1.54, 1.807) is 20.8 Å². The molecular formula is C12H19BF2O3Si. The number of hydrogen-bond acceptors (Lipinski definition) is 3. The zero-order valence-corrected chi connectivity index (χ0v) is 13.0. The van der Waals surface area contributed by atoms with Crippen LogP contribution < -0.4 is 5.46 Å². The summed E-state index contributed by atoms with van der Waals surface area (Å²) in [4.78, 5) is 4.66. The summed E-state index contributed by atoms with van der Waals surface area (Å²) in [6.45, 7) is 9.00. The molecule has 0 saturated heterocycles. The molecule has 0 fully saturated rings. The smallest absolute Gasteiger partial charge is 0.422 e. The molecule has 0 aliphatic rings. The maximum Gasteiger partial charge on any atom is 0.524 e. The van der Waals surface area contributed by atoms with Gasteiger partial charge in [0.2, 0.25) is 9.04 Å². The lowest BCUT2D eigenvalue weighted by Crippen LogP contribution is -2.38. The van der Waals surface area contributed by atoms with Gasteiger partial charge in [0.05, 0.1) is 0 Å². The molecule has 0 radical (unpaired) electrons. The van der Waals surface area contributed by atoms with Gasteiger partial charge in [-0.25, -0.2) is 8.78 Å². The van der Waals surface area contributed by atoms with Gasteiger partial charge in [-0.15, -0.1) is 0 Å². The van der Waals surface area contributed by atoms with Gasteiger partial charge in [-0.3, -0.25) is 4.81 Å². The lowest BCUT2D eigenvalue weighted by molar-refractivity contribution is -0.121. The average molecular weight is 288 g/mol. The summed E-state index contributed by atoms with van der Waals surface area (Å²) in [6.07, 6.45) is 0. The van der Waals surface area contributed by atoms with E-state index in [1.807, 2.05) is 13.1 Å². The lowest BCUT2D eigenvalue weighted by atomic mass is 9.77. The van der Waals surface area contributed by atoms with Crippen LogP contribution in [-0.4, -0.2) is 21.2 Å². The van der Waals surface area contributed by atoms with Crippen molar-refractivity contribution in [3.63, 3.8) is 0 Å². The van der Waals surface area contributed by atoms with E-state index < -0.39 is 33.2 Å². The van der Waals surface area contributed by atoms with Crippen molar-refractivity contribution < 1.29 is 23.2 Å². The van der Waals surface area contributed by atoms with E-state index in [0.717, 1.165) is 12.1 Å². The molecule has 7 heteroatoms.